The molecule has 3 heterocycles. The molecule has 1 aromatic carbocycles. The third-order valence-corrected chi connectivity index (χ3v) is 5.68. The summed E-state index contributed by atoms with van der Waals surface area (Å²) in [6.07, 6.45) is 7.39. The fourth-order valence-corrected chi connectivity index (χ4v) is 3.94. The van der Waals surface area contributed by atoms with E-state index in [0.717, 1.165) is 61.8 Å². The van der Waals surface area contributed by atoms with Crippen LogP contribution in [-0.4, -0.2) is 53.8 Å². The van der Waals surface area contributed by atoms with Gasteiger partial charge < -0.3 is 15.3 Å². The molecule has 5 nitrogen and oxygen atoms in total. The first-order valence-corrected chi connectivity index (χ1v) is 10.4. The van der Waals surface area contributed by atoms with Gasteiger partial charge in [-0.25, -0.2) is 4.98 Å². The van der Waals surface area contributed by atoms with Gasteiger partial charge in [-0.05, 0) is 54.7 Å². The molecule has 5 heteroatoms. The van der Waals surface area contributed by atoms with Crippen LogP contribution in [0, 0.1) is 6.92 Å². The van der Waals surface area contributed by atoms with Gasteiger partial charge in [0.05, 0.1) is 6.10 Å². The number of benzene rings is 1. The van der Waals surface area contributed by atoms with E-state index in [1.165, 1.54) is 11.1 Å². The van der Waals surface area contributed by atoms with E-state index in [2.05, 4.69) is 63.9 Å². The molecule has 0 amide bonds. The number of fused-ring (bicyclic) bond motifs is 1. The Morgan fingerprint density at radius 2 is 2.00 bits per heavy atom. The topological polar surface area (TPSA) is 51.6 Å². The van der Waals surface area contributed by atoms with Gasteiger partial charge in [0.15, 0.2) is 0 Å². The highest BCUT2D eigenvalue weighted by Gasteiger charge is 2.19. The molecule has 2 aliphatic heterocycles. The van der Waals surface area contributed by atoms with Crippen molar-refractivity contribution in [3.8, 4) is 0 Å². The summed E-state index contributed by atoms with van der Waals surface area (Å²) in [4.78, 5) is 9.16. The number of allylic oxidation sites excluding steroid dienone is 1. The predicted octanol–water partition coefficient (Wildman–Crippen LogP) is 3.46. The maximum absolute atomic E-state index is 10.5. The van der Waals surface area contributed by atoms with Crippen LogP contribution in [0.2, 0.25) is 0 Å². The van der Waals surface area contributed by atoms with Crippen molar-refractivity contribution in [1.82, 2.24) is 9.88 Å². The maximum atomic E-state index is 10.5. The van der Waals surface area contributed by atoms with Crippen LogP contribution < -0.4 is 10.2 Å². The van der Waals surface area contributed by atoms with Gasteiger partial charge in [0, 0.05) is 50.3 Å². The quantitative estimate of drug-likeness (QED) is 0.819. The number of β-amino-alcohol motifs (C(OH)–C–C–N with tert-alkyl or cyclic N) is 1. The Labute approximate surface area is 173 Å². The molecule has 2 N–H and O–H groups in total. The average molecular weight is 391 g/mol. The van der Waals surface area contributed by atoms with Crippen LogP contribution >= 0.6 is 0 Å². The summed E-state index contributed by atoms with van der Waals surface area (Å²) < 4.78 is 0. The van der Waals surface area contributed by atoms with Crippen molar-refractivity contribution >= 4 is 17.6 Å². The number of aliphatic hydroxyl groups excluding tert-OH is 1. The van der Waals surface area contributed by atoms with E-state index in [9.17, 15) is 5.11 Å². The molecule has 1 fully saturated rings. The lowest BCUT2D eigenvalue weighted by atomic mass is 9.99. The Hall–Kier alpha value is -2.63. The summed E-state index contributed by atoms with van der Waals surface area (Å²) in [5.41, 5.74) is 5.86. The third-order valence-electron chi connectivity index (χ3n) is 5.68. The molecular formula is C24H30N4O. The van der Waals surface area contributed by atoms with Gasteiger partial charge in [0.2, 0.25) is 0 Å². The number of pyridine rings is 1. The molecule has 0 radical (unpaired) electrons. The van der Waals surface area contributed by atoms with E-state index >= 15 is 0 Å². The Balaban J connectivity index is 1.27. The molecule has 1 aromatic heterocycles. The second-order valence-electron chi connectivity index (χ2n) is 8.05. The molecule has 0 aliphatic carbocycles. The number of aryl methyl sites for hydroxylation is 2. The van der Waals surface area contributed by atoms with Gasteiger partial charge in [-0.15, -0.1) is 0 Å². The highest BCUT2D eigenvalue weighted by Crippen LogP contribution is 2.27. The SMILES string of the molecule is C=C1CCc2cc(/C=C/[C@@H](O)CN3CCN(c4ccc(C)cn4)CC3)ccc2N1. The summed E-state index contributed by atoms with van der Waals surface area (Å²) in [7, 11) is 0. The van der Waals surface area contributed by atoms with Gasteiger partial charge in [0.25, 0.3) is 0 Å². The van der Waals surface area contributed by atoms with Crippen molar-refractivity contribution < 1.29 is 5.11 Å². The molecular weight excluding hydrogens is 360 g/mol. The van der Waals surface area contributed by atoms with Crippen molar-refractivity contribution in [1.29, 1.82) is 0 Å². The van der Waals surface area contributed by atoms with Crippen LogP contribution in [0.1, 0.15) is 23.1 Å². The monoisotopic (exact) mass is 390 g/mol. The predicted molar refractivity (Wildman–Crippen MR) is 120 cm³/mol. The summed E-state index contributed by atoms with van der Waals surface area (Å²) in [5.74, 6) is 1.04. The zero-order valence-corrected chi connectivity index (χ0v) is 17.1. The lowest BCUT2D eigenvalue weighted by Crippen LogP contribution is -2.48. The van der Waals surface area contributed by atoms with Gasteiger partial charge >= 0.3 is 0 Å². The number of anilines is 2. The first-order chi connectivity index (χ1) is 14.1. The molecule has 0 unspecified atom stereocenters. The Bertz CT molecular complexity index is 882. The molecule has 152 valence electrons. The van der Waals surface area contributed by atoms with Crippen molar-refractivity contribution in [2.75, 3.05) is 42.9 Å². The van der Waals surface area contributed by atoms with Gasteiger partial charge in [-0.2, -0.15) is 0 Å². The number of nitrogens with zero attached hydrogens (tertiary/aromatic N) is 3. The van der Waals surface area contributed by atoms with Crippen LogP contribution in [0.25, 0.3) is 6.08 Å². The Morgan fingerprint density at radius 3 is 2.76 bits per heavy atom. The van der Waals surface area contributed by atoms with Crippen LogP contribution in [-0.2, 0) is 6.42 Å². The van der Waals surface area contributed by atoms with Gasteiger partial charge in [-0.1, -0.05) is 30.9 Å². The number of piperazine rings is 1. The van der Waals surface area contributed by atoms with E-state index in [0.29, 0.717) is 6.54 Å². The van der Waals surface area contributed by atoms with Gasteiger partial charge in [-0.3, -0.25) is 4.90 Å². The second-order valence-corrected chi connectivity index (χ2v) is 8.05. The number of hydrogen-bond donors (Lipinski definition) is 2. The zero-order valence-electron chi connectivity index (χ0n) is 17.1. The van der Waals surface area contributed by atoms with Crippen LogP contribution in [0.3, 0.4) is 0 Å². The highest BCUT2D eigenvalue weighted by molar-refractivity contribution is 5.63. The molecule has 0 spiro atoms. The van der Waals surface area contributed by atoms with E-state index in [1.54, 1.807) is 0 Å². The first-order valence-electron chi connectivity index (χ1n) is 10.4. The highest BCUT2D eigenvalue weighted by atomic mass is 16.3. The summed E-state index contributed by atoms with van der Waals surface area (Å²) in [6, 6.07) is 10.6. The van der Waals surface area contributed by atoms with E-state index in [-0.39, 0.29) is 0 Å². The van der Waals surface area contributed by atoms with Crippen LogP contribution in [0.15, 0.2) is 54.9 Å². The zero-order chi connectivity index (χ0) is 20.2. The van der Waals surface area contributed by atoms with Crippen molar-refractivity contribution in [3.63, 3.8) is 0 Å². The largest absolute Gasteiger partial charge is 0.388 e. The maximum Gasteiger partial charge on any atom is 0.128 e. The number of hydrogen-bond acceptors (Lipinski definition) is 5. The molecule has 0 saturated carbocycles. The Kier molecular flexibility index (Phi) is 5.97. The number of rotatable bonds is 5. The van der Waals surface area contributed by atoms with E-state index < -0.39 is 6.10 Å². The van der Waals surface area contributed by atoms with Crippen molar-refractivity contribution in [3.05, 3.63) is 71.6 Å². The minimum absolute atomic E-state index is 0.465. The van der Waals surface area contributed by atoms with E-state index in [4.69, 9.17) is 0 Å². The molecule has 0 bridgehead atoms. The van der Waals surface area contributed by atoms with Gasteiger partial charge in [0.1, 0.15) is 5.82 Å². The standard InChI is InChI=1S/C24H30N4O/c1-18-3-10-24(25-16-18)28-13-11-27(12-14-28)17-22(29)8-5-20-6-9-23-21(15-20)7-4-19(2)26-23/h3,5-6,8-10,15-16,22,26,29H,2,4,7,11-14,17H2,1H3/b8-5+/t22-/m1/s1. The number of aromatic nitrogens is 1. The minimum Gasteiger partial charge on any atom is -0.388 e. The molecule has 2 aliphatic rings. The Morgan fingerprint density at radius 1 is 1.17 bits per heavy atom. The second kappa shape index (κ2) is 8.80. The number of nitrogens with one attached hydrogen (secondary N) is 1. The smallest absolute Gasteiger partial charge is 0.128 e. The van der Waals surface area contributed by atoms with Crippen molar-refractivity contribution in [2.24, 2.45) is 0 Å². The lowest BCUT2D eigenvalue weighted by Gasteiger charge is -2.36. The summed E-state index contributed by atoms with van der Waals surface area (Å²) in [6.45, 7) is 10.5. The van der Waals surface area contributed by atoms with Crippen LogP contribution in [0.4, 0.5) is 11.5 Å². The summed E-state index contributed by atoms with van der Waals surface area (Å²) in [5, 5.41) is 13.8. The number of aliphatic hydroxyl groups is 1. The lowest BCUT2D eigenvalue weighted by molar-refractivity contribution is 0.142. The molecule has 1 saturated heterocycles. The third kappa shape index (κ3) is 5.05. The molecule has 1 atom stereocenters. The molecule has 29 heavy (non-hydrogen) atoms. The van der Waals surface area contributed by atoms with Crippen LogP contribution in [0.5, 0.6) is 0 Å². The minimum atomic E-state index is -0.465. The van der Waals surface area contributed by atoms with Crippen molar-refractivity contribution in [2.45, 2.75) is 25.9 Å². The van der Waals surface area contributed by atoms with E-state index in [1.807, 2.05) is 18.3 Å². The fourth-order valence-electron chi connectivity index (χ4n) is 3.94. The fraction of sp³-hybridized carbons (Fsp3) is 0.375. The normalized spacial score (nSPS) is 18.6. The molecule has 2 aromatic rings. The molecule has 4 rings (SSSR count). The average Bonchev–Trinajstić information content (AvgIpc) is 2.73. The summed E-state index contributed by atoms with van der Waals surface area (Å²) >= 11 is 0. The first kappa shape index (κ1) is 19.7.